The Morgan fingerprint density at radius 2 is 1.93 bits per heavy atom. The second-order valence-electron chi connectivity index (χ2n) is 6.62. The highest BCUT2D eigenvalue weighted by molar-refractivity contribution is 6.32. The van der Waals surface area contributed by atoms with E-state index < -0.39 is 0 Å². The van der Waals surface area contributed by atoms with Crippen LogP contribution in [0.3, 0.4) is 0 Å². The molecule has 0 unspecified atom stereocenters. The van der Waals surface area contributed by atoms with Gasteiger partial charge in [0, 0.05) is 36.8 Å². The third-order valence-electron chi connectivity index (χ3n) is 4.49. The zero-order chi connectivity index (χ0) is 21.1. The zero-order valence-electron chi connectivity index (χ0n) is 16.1. The van der Waals surface area contributed by atoms with Gasteiger partial charge in [-0.25, -0.2) is 4.98 Å². The standard InChI is InChI=1S/C22H18ClN3O4/c1-26-9-8-24-22(26)20(28)15-3-5-16(6-4-15)25-19(27)7-2-14-12-17(23)21-18(13-14)29-10-11-30-21/h2-9,12-13H,10-11H2,1H3,(H,25,27)/b7-2+. The Bertz CT molecular complexity index is 1140. The number of rotatable bonds is 5. The van der Waals surface area contributed by atoms with Crippen molar-refractivity contribution in [1.29, 1.82) is 0 Å². The summed E-state index contributed by atoms with van der Waals surface area (Å²) in [7, 11) is 1.76. The lowest BCUT2D eigenvalue weighted by Crippen LogP contribution is -2.15. The summed E-state index contributed by atoms with van der Waals surface area (Å²) in [5.74, 6) is 0.930. The molecule has 1 aromatic heterocycles. The Hall–Kier alpha value is -3.58. The third kappa shape index (κ3) is 4.21. The molecule has 0 saturated carbocycles. The third-order valence-corrected chi connectivity index (χ3v) is 4.77. The van der Waals surface area contributed by atoms with E-state index >= 15 is 0 Å². The van der Waals surface area contributed by atoms with Gasteiger partial charge in [-0.3, -0.25) is 9.59 Å². The van der Waals surface area contributed by atoms with Crippen LogP contribution in [-0.4, -0.2) is 34.5 Å². The number of carbonyl (C=O) groups is 2. The van der Waals surface area contributed by atoms with Gasteiger partial charge in [0.05, 0.1) is 5.02 Å². The van der Waals surface area contributed by atoms with Crippen molar-refractivity contribution in [3.05, 3.63) is 76.8 Å². The first-order valence-electron chi connectivity index (χ1n) is 9.21. The maximum Gasteiger partial charge on any atom is 0.248 e. The monoisotopic (exact) mass is 423 g/mol. The van der Waals surface area contributed by atoms with Gasteiger partial charge in [0.25, 0.3) is 0 Å². The van der Waals surface area contributed by atoms with E-state index in [-0.39, 0.29) is 11.7 Å². The highest BCUT2D eigenvalue weighted by Gasteiger charge is 2.16. The molecule has 3 aromatic rings. The minimum atomic E-state index is -0.316. The van der Waals surface area contributed by atoms with E-state index in [0.29, 0.717) is 46.8 Å². The number of nitrogens with zero attached hydrogens (tertiary/aromatic N) is 2. The number of ether oxygens (including phenoxy) is 2. The Kier molecular flexibility index (Phi) is 5.54. The molecule has 0 bridgehead atoms. The first-order chi connectivity index (χ1) is 14.5. The van der Waals surface area contributed by atoms with Crippen LogP contribution >= 0.6 is 11.6 Å². The van der Waals surface area contributed by atoms with E-state index in [1.807, 2.05) is 0 Å². The van der Waals surface area contributed by atoms with Crippen molar-refractivity contribution in [1.82, 2.24) is 9.55 Å². The topological polar surface area (TPSA) is 82.5 Å². The van der Waals surface area contributed by atoms with Crippen LogP contribution in [0.15, 0.2) is 54.9 Å². The number of hydrogen-bond acceptors (Lipinski definition) is 5. The summed E-state index contributed by atoms with van der Waals surface area (Å²) in [4.78, 5) is 28.7. The summed E-state index contributed by atoms with van der Waals surface area (Å²) in [5.41, 5.74) is 1.78. The highest BCUT2D eigenvalue weighted by atomic mass is 35.5. The van der Waals surface area contributed by atoms with Gasteiger partial charge in [-0.1, -0.05) is 11.6 Å². The summed E-state index contributed by atoms with van der Waals surface area (Å²) in [6.45, 7) is 0.909. The molecule has 0 saturated heterocycles. The van der Waals surface area contributed by atoms with E-state index in [1.54, 1.807) is 66.5 Å². The Labute approximate surface area is 177 Å². The molecule has 30 heavy (non-hydrogen) atoms. The summed E-state index contributed by atoms with van der Waals surface area (Å²) in [6, 6.07) is 10.1. The van der Waals surface area contributed by atoms with E-state index in [2.05, 4.69) is 10.3 Å². The van der Waals surface area contributed by atoms with Gasteiger partial charge < -0.3 is 19.4 Å². The first-order valence-corrected chi connectivity index (χ1v) is 9.59. The van der Waals surface area contributed by atoms with Crippen molar-refractivity contribution in [2.75, 3.05) is 18.5 Å². The molecule has 0 atom stereocenters. The molecular weight excluding hydrogens is 406 g/mol. The van der Waals surface area contributed by atoms with Crippen molar-refractivity contribution < 1.29 is 19.1 Å². The Balaban J connectivity index is 1.41. The number of anilines is 1. The average molecular weight is 424 g/mol. The molecule has 152 valence electrons. The van der Waals surface area contributed by atoms with Gasteiger partial charge in [-0.05, 0) is 48.0 Å². The van der Waals surface area contributed by atoms with Crippen molar-refractivity contribution in [3.63, 3.8) is 0 Å². The zero-order valence-corrected chi connectivity index (χ0v) is 16.8. The number of benzene rings is 2. The number of amides is 1. The molecule has 0 spiro atoms. The van der Waals surface area contributed by atoms with Gasteiger partial charge in [-0.15, -0.1) is 0 Å². The Morgan fingerprint density at radius 1 is 1.17 bits per heavy atom. The molecule has 4 rings (SSSR count). The molecule has 1 aliphatic rings. The summed E-state index contributed by atoms with van der Waals surface area (Å²) < 4.78 is 12.7. The Morgan fingerprint density at radius 3 is 2.67 bits per heavy atom. The summed E-state index contributed by atoms with van der Waals surface area (Å²) in [6.07, 6.45) is 6.32. The second-order valence-corrected chi connectivity index (χ2v) is 7.02. The molecule has 2 heterocycles. The van der Waals surface area contributed by atoms with E-state index in [4.69, 9.17) is 21.1 Å². The van der Waals surface area contributed by atoms with Gasteiger partial charge in [0.2, 0.25) is 11.7 Å². The lowest BCUT2D eigenvalue weighted by molar-refractivity contribution is -0.111. The molecule has 0 fully saturated rings. The van der Waals surface area contributed by atoms with E-state index in [9.17, 15) is 9.59 Å². The van der Waals surface area contributed by atoms with E-state index in [0.717, 1.165) is 5.56 Å². The number of halogens is 1. The molecule has 7 nitrogen and oxygen atoms in total. The molecule has 0 radical (unpaired) electrons. The smallest absolute Gasteiger partial charge is 0.248 e. The largest absolute Gasteiger partial charge is 0.486 e. The van der Waals surface area contributed by atoms with Crippen molar-refractivity contribution >= 4 is 35.1 Å². The summed E-state index contributed by atoms with van der Waals surface area (Å²) in [5, 5.41) is 3.19. The predicted molar refractivity (Wildman–Crippen MR) is 113 cm³/mol. The number of ketones is 1. The quantitative estimate of drug-likeness (QED) is 0.499. The number of nitrogens with one attached hydrogen (secondary N) is 1. The molecule has 1 amide bonds. The fourth-order valence-electron chi connectivity index (χ4n) is 3.00. The van der Waals surface area contributed by atoms with Crippen molar-refractivity contribution in [2.24, 2.45) is 7.05 Å². The normalized spacial score (nSPS) is 12.7. The predicted octanol–water partition coefficient (Wildman–Crippen LogP) is 3.73. The van der Waals surface area contributed by atoms with Gasteiger partial charge in [0.1, 0.15) is 13.2 Å². The first kappa shape index (κ1) is 19.7. The van der Waals surface area contributed by atoms with Crippen LogP contribution in [0.2, 0.25) is 5.02 Å². The number of fused-ring (bicyclic) bond motifs is 1. The van der Waals surface area contributed by atoms with Gasteiger partial charge in [0.15, 0.2) is 17.3 Å². The van der Waals surface area contributed by atoms with Crippen LogP contribution in [0.25, 0.3) is 6.08 Å². The van der Waals surface area contributed by atoms with Crippen LogP contribution in [0.5, 0.6) is 11.5 Å². The molecular formula is C22H18ClN3O4. The lowest BCUT2D eigenvalue weighted by atomic mass is 10.1. The number of aryl methyl sites for hydroxylation is 1. The minimum absolute atomic E-state index is 0.184. The van der Waals surface area contributed by atoms with Crippen LogP contribution < -0.4 is 14.8 Å². The molecule has 1 aliphatic heterocycles. The molecule has 2 aromatic carbocycles. The number of hydrogen-bond donors (Lipinski definition) is 1. The van der Waals surface area contributed by atoms with Crippen molar-refractivity contribution in [3.8, 4) is 11.5 Å². The van der Waals surface area contributed by atoms with Crippen LogP contribution in [-0.2, 0) is 11.8 Å². The van der Waals surface area contributed by atoms with Gasteiger partial charge >= 0.3 is 0 Å². The fourth-order valence-corrected chi connectivity index (χ4v) is 3.27. The molecule has 8 heteroatoms. The second kappa shape index (κ2) is 8.42. The van der Waals surface area contributed by atoms with Crippen LogP contribution in [0.1, 0.15) is 21.7 Å². The van der Waals surface area contributed by atoms with E-state index in [1.165, 1.54) is 6.08 Å². The lowest BCUT2D eigenvalue weighted by Gasteiger charge is -2.19. The fraction of sp³-hybridized carbons (Fsp3) is 0.136. The SMILES string of the molecule is Cn1ccnc1C(=O)c1ccc(NC(=O)/C=C/c2cc(Cl)c3c(c2)OCCO3)cc1. The maximum absolute atomic E-state index is 12.4. The number of carbonyl (C=O) groups excluding carboxylic acids is 2. The number of imidazole rings is 1. The molecule has 0 aliphatic carbocycles. The van der Waals surface area contributed by atoms with Crippen molar-refractivity contribution in [2.45, 2.75) is 0 Å². The minimum Gasteiger partial charge on any atom is -0.486 e. The van der Waals surface area contributed by atoms with Crippen LogP contribution in [0.4, 0.5) is 5.69 Å². The van der Waals surface area contributed by atoms with Gasteiger partial charge in [-0.2, -0.15) is 0 Å². The highest BCUT2D eigenvalue weighted by Crippen LogP contribution is 2.38. The maximum atomic E-state index is 12.4. The van der Waals surface area contributed by atoms with Crippen LogP contribution in [0, 0.1) is 0 Å². The average Bonchev–Trinajstić information content (AvgIpc) is 3.18. The number of aromatic nitrogens is 2. The molecule has 1 N–H and O–H groups in total. The summed E-state index contributed by atoms with van der Waals surface area (Å²) >= 11 is 6.21.